The molecule has 2 aromatic heterocycles. The molecule has 0 saturated heterocycles. The summed E-state index contributed by atoms with van der Waals surface area (Å²) in [7, 11) is 0. The van der Waals surface area contributed by atoms with Gasteiger partial charge in [-0.15, -0.1) is 10.2 Å². The van der Waals surface area contributed by atoms with Gasteiger partial charge in [0.15, 0.2) is 0 Å². The zero-order valence-corrected chi connectivity index (χ0v) is 11.4. The van der Waals surface area contributed by atoms with Gasteiger partial charge in [-0.25, -0.2) is 9.37 Å². The standard InChI is InChI=1S/C12H8BrFN4O/c1-7-16-17-11-12(15-4-5-18(7)11)19-8-2-3-9(13)10(14)6-8/h2-6H,1H3. The van der Waals surface area contributed by atoms with Crippen molar-refractivity contribution in [1.82, 2.24) is 19.6 Å². The molecular weight excluding hydrogens is 315 g/mol. The van der Waals surface area contributed by atoms with Crippen LogP contribution in [-0.4, -0.2) is 19.6 Å². The fraction of sp³-hybridized carbons (Fsp3) is 0.0833. The molecule has 0 saturated carbocycles. The van der Waals surface area contributed by atoms with Crippen LogP contribution in [0.15, 0.2) is 35.1 Å². The van der Waals surface area contributed by atoms with Crippen molar-refractivity contribution in [2.24, 2.45) is 0 Å². The van der Waals surface area contributed by atoms with Gasteiger partial charge in [-0.1, -0.05) is 0 Å². The third-order valence-electron chi connectivity index (χ3n) is 2.57. The van der Waals surface area contributed by atoms with E-state index in [0.29, 0.717) is 15.9 Å². The number of hydrogen-bond acceptors (Lipinski definition) is 4. The van der Waals surface area contributed by atoms with Gasteiger partial charge in [-0.2, -0.15) is 0 Å². The van der Waals surface area contributed by atoms with Gasteiger partial charge in [0.2, 0.25) is 5.65 Å². The Hall–Kier alpha value is -2.02. The van der Waals surface area contributed by atoms with E-state index < -0.39 is 5.82 Å². The molecular formula is C12H8BrFN4O. The van der Waals surface area contributed by atoms with Crippen molar-refractivity contribution in [3.63, 3.8) is 0 Å². The maximum Gasteiger partial charge on any atom is 0.265 e. The van der Waals surface area contributed by atoms with Crippen LogP contribution in [0.5, 0.6) is 11.6 Å². The smallest absolute Gasteiger partial charge is 0.265 e. The molecule has 0 aliphatic carbocycles. The summed E-state index contributed by atoms with van der Waals surface area (Å²) in [6.07, 6.45) is 3.31. The fourth-order valence-corrected chi connectivity index (χ4v) is 1.89. The van der Waals surface area contributed by atoms with Crippen molar-refractivity contribution >= 4 is 21.6 Å². The van der Waals surface area contributed by atoms with Crippen LogP contribution in [0.4, 0.5) is 4.39 Å². The molecule has 0 aliphatic rings. The third kappa shape index (κ3) is 2.17. The van der Waals surface area contributed by atoms with Gasteiger partial charge in [0.05, 0.1) is 4.47 Å². The lowest BCUT2D eigenvalue weighted by molar-refractivity contribution is 0.459. The highest BCUT2D eigenvalue weighted by molar-refractivity contribution is 9.10. The lowest BCUT2D eigenvalue weighted by Gasteiger charge is -2.06. The summed E-state index contributed by atoms with van der Waals surface area (Å²) in [4.78, 5) is 4.09. The van der Waals surface area contributed by atoms with Crippen LogP contribution in [0.25, 0.3) is 5.65 Å². The van der Waals surface area contributed by atoms with Gasteiger partial charge < -0.3 is 4.74 Å². The van der Waals surface area contributed by atoms with E-state index in [4.69, 9.17) is 4.74 Å². The van der Waals surface area contributed by atoms with Crippen LogP contribution >= 0.6 is 15.9 Å². The van der Waals surface area contributed by atoms with E-state index in [1.807, 2.05) is 6.92 Å². The first kappa shape index (κ1) is 12.0. The Morgan fingerprint density at radius 3 is 2.95 bits per heavy atom. The van der Waals surface area contributed by atoms with Crippen molar-refractivity contribution in [3.05, 3.63) is 46.7 Å². The zero-order chi connectivity index (χ0) is 13.4. The normalized spacial score (nSPS) is 10.9. The second kappa shape index (κ2) is 4.58. The molecule has 0 unspecified atom stereocenters. The fourth-order valence-electron chi connectivity index (χ4n) is 1.64. The van der Waals surface area contributed by atoms with Crippen LogP contribution in [0.1, 0.15) is 5.82 Å². The Morgan fingerprint density at radius 2 is 2.16 bits per heavy atom. The Labute approximate surface area is 116 Å². The highest BCUT2D eigenvalue weighted by atomic mass is 79.9. The average molecular weight is 323 g/mol. The summed E-state index contributed by atoms with van der Waals surface area (Å²) in [5, 5.41) is 7.92. The Balaban J connectivity index is 2.03. The van der Waals surface area contributed by atoms with Gasteiger partial charge in [-0.3, -0.25) is 4.40 Å². The molecule has 96 valence electrons. The summed E-state index contributed by atoms with van der Waals surface area (Å²) >= 11 is 3.09. The van der Waals surface area contributed by atoms with Gasteiger partial charge in [-0.05, 0) is 35.0 Å². The highest BCUT2D eigenvalue weighted by Crippen LogP contribution is 2.26. The molecule has 0 radical (unpaired) electrons. The molecule has 0 aliphatic heterocycles. The lowest BCUT2D eigenvalue weighted by Crippen LogP contribution is -1.95. The van der Waals surface area contributed by atoms with Crippen molar-refractivity contribution in [3.8, 4) is 11.6 Å². The van der Waals surface area contributed by atoms with E-state index in [-0.39, 0.29) is 5.88 Å². The molecule has 2 heterocycles. The molecule has 7 heteroatoms. The number of benzene rings is 1. The minimum Gasteiger partial charge on any atom is -0.436 e. The van der Waals surface area contributed by atoms with E-state index >= 15 is 0 Å². The number of hydrogen-bond donors (Lipinski definition) is 0. The molecule has 0 atom stereocenters. The van der Waals surface area contributed by atoms with Crippen LogP contribution in [0, 0.1) is 12.7 Å². The molecule has 0 bridgehead atoms. The topological polar surface area (TPSA) is 52.3 Å². The van der Waals surface area contributed by atoms with Crippen LogP contribution in [0.3, 0.4) is 0 Å². The monoisotopic (exact) mass is 322 g/mol. The van der Waals surface area contributed by atoms with E-state index in [2.05, 4.69) is 31.1 Å². The molecule has 3 rings (SSSR count). The van der Waals surface area contributed by atoms with Gasteiger partial charge in [0, 0.05) is 18.5 Å². The third-order valence-corrected chi connectivity index (χ3v) is 3.21. The lowest BCUT2D eigenvalue weighted by atomic mass is 10.3. The highest BCUT2D eigenvalue weighted by Gasteiger charge is 2.10. The summed E-state index contributed by atoms with van der Waals surface area (Å²) in [6, 6.07) is 4.49. The summed E-state index contributed by atoms with van der Waals surface area (Å²) in [6.45, 7) is 1.82. The van der Waals surface area contributed by atoms with Crippen molar-refractivity contribution in [2.75, 3.05) is 0 Å². The van der Waals surface area contributed by atoms with Crippen LogP contribution < -0.4 is 4.74 Å². The predicted molar refractivity (Wildman–Crippen MR) is 69.7 cm³/mol. The summed E-state index contributed by atoms with van der Waals surface area (Å²) in [5.74, 6) is 0.957. The van der Waals surface area contributed by atoms with Crippen LogP contribution in [0.2, 0.25) is 0 Å². The SMILES string of the molecule is Cc1nnc2c(Oc3ccc(Br)c(F)c3)nccn12. The molecule has 0 N–H and O–H groups in total. The quantitative estimate of drug-likeness (QED) is 0.727. The zero-order valence-electron chi connectivity index (χ0n) is 9.84. The number of fused-ring (bicyclic) bond motifs is 1. The largest absolute Gasteiger partial charge is 0.436 e. The number of rotatable bonds is 2. The summed E-state index contributed by atoms with van der Waals surface area (Å²) < 4.78 is 21.1. The molecule has 1 aromatic carbocycles. The Kier molecular flexibility index (Phi) is 2.90. The molecule has 0 amide bonds. The molecule has 0 spiro atoms. The van der Waals surface area contributed by atoms with Gasteiger partial charge in [0.25, 0.3) is 5.88 Å². The summed E-state index contributed by atoms with van der Waals surface area (Å²) in [5.41, 5.74) is 0.489. The number of aromatic nitrogens is 4. The average Bonchev–Trinajstić information content (AvgIpc) is 2.77. The first-order valence-electron chi connectivity index (χ1n) is 5.44. The minimum atomic E-state index is -0.401. The van der Waals surface area contributed by atoms with Crippen LogP contribution in [-0.2, 0) is 0 Å². The molecule has 19 heavy (non-hydrogen) atoms. The molecule has 3 aromatic rings. The van der Waals surface area contributed by atoms with Crippen molar-refractivity contribution in [1.29, 1.82) is 0 Å². The second-order valence-corrected chi connectivity index (χ2v) is 4.71. The van der Waals surface area contributed by atoms with Gasteiger partial charge in [0.1, 0.15) is 17.4 Å². The number of ether oxygens (including phenoxy) is 1. The number of halogens is 2. The van der Waals surface area contributed by atoms with E-state index in [9.17, 15) is 4.39 Å². The molecule has 5 nitrogen and oxygen atoms in total. The Bertz CT molecular complexity index is 759. The minimum absolute atomic E-state index is 0.282. The first-order valence-corrected chi connectivity index (χ1v) is 6.24. The van der Waals surface area contributed by atoms with Gasteiger partial charge >= 0.3 is 0 Å². The van der Waals surface area contributed by atoms with E-state index in [1.165, 1.54) is 6.07 Å². The van der Waals surface area contributed by atoms with Crippen molar-refractivity contribution in [2.45, 2.75) is 6.92 Å². The second-order valence-electron chi connectivity index (χ2n) is 3.85. The number of nitrogens with zero attached hydrogens (tertiary/aromatic N) is 4. The first-order chi connectivity index (χ1) is 9.15. The maximum atomic E-state index is 13.4. The van der Waals surface area contributed by atoms with Crippen molar-refractivity contribution < 1.29 is 9.13 Å². The predicted octanol–water partition coefficient (Wildman–Crippen LogP) is 3.13. The van der Waals surface area contributed by atoms with E-state index in [1.54, 1.807) is 28.9 Å². The molecule has 0 fully saturated rings. The number of aryl methyl sites for hydroxylation is 1. The Morgan fingerprint density at radius 1 is 1.32 bits per heavy atom. The maximum absolute atomic E-state index is 13.4. The van der Waals surface area contributed by atoms with E-state index in [0.717, 1.165) is 5.82 Å².